The Morgan fingerprint density at radius 3 is 3.14 bits per heavy atom. The zero-order valence-electron chi connectivity index (χ0n) is 7.43. The molecule has 14 heavy (non-hydrogen) atoms. The van der Waals surface area contributed by atoms with Crippen molar-refractivity contribution in [2.75, 3.05) is 0 Å². The van der Waals surface area contributed by atoms with Gasteiger partial charge in [0.1, 0.15) is 11.3 Å². The maximum Gasteiger partial charge on any atom is 0.303 e. The first-order chi connectivity index (χ1) is 6.75. The Bertz CT molecular complexity index is 428. The molecule has 0 aliphatic carbocycles. The molecule has 0 amide bonds. The SMILES string of the molecule is O=C(O)CCc1cc2ncccc2o1. The Kier molecular flexibility index (Phi) is 2.18. The Hall–Kier alpha value is -1.84. The Balaban J connectivity index is 2.22. The zero-order valence-corrected chi connectivity index (χ0v) is 7.43. The summed E-state index contributed by atoms with van der Waals surface area (Å²) in [5.41, 5.74) is 1.47. The number of aryl methyl sites for hydroxylation is 1. The minimum Gasteiger partial charge on any atom is -0.481 e. The number of furan rings is 1. The van der Waals surface area contributed by atoms with E-state index in [-0.39, 0.29) is 6.42 Å². The number of pyridine rings is 1. The lowest BCUT2D eigenvalue weighted by molar-refractivity contribution is -0.137. The summed E-state index contributed by atoms with van der Waals surface area (Å²) in [6, 6.07) is 5.37. The summed E-state index contributed by atoms with van der Waals surface area (Å²) in [7, 11) is 0. The van der Waals surface area contributed by atoms with Crippen LogP contribution in [0.1, 0.15) is 12.2 Å². The molecule has 0 bridgehead atoms. The first kappa shape index (κ1) is 8.74. The van der Waals surface area contributed by atoms with E-state index in [1.165, 1.54) is 0 Å². The lowest BCUT2D eigenvalue weighted by Gasteiger charge is -1.89. The molecule has 0 radical (unpaired) electrons. The van der Waals surface area contributed by atoms with Crippen LogP contribution < -0.4 is 0 Å². The normalized spacial score (nSPS) is 10.6. The number of nitrogens with zero attached hydrogens (tertiary/aromatic N) is 1. The highest BCUT2D eigenvalue weighted by molar-refractivity contribution is 5.73. The molecule has 0 aliphatic rings. The average Bonchev–Trinajstić information content (AvgIpc) is 2.57. The van der Waals surface area contributed by atoms with Crippen LogP contribution in [0.5, 0.6) is 0 Å². The van der Waals surface area contributed by atoms with Gasteiger partial charge in [0.2, 0.25) is 0 Å². The molecule has 0 saturated heterocycles. The molecule has 0 atom stereocenters. The third-order valence-electron chi connectivity index (χ3n) is 1.92. The van der Waals surface area contributed by atoms with Gasteiger partial charge < -0.3 is 9.52 Å². The number of rotatable bonds is 3. The van der Waals surface area contributed by atoms with Gasteiger partial charge in [0.25, 0.3) is 0 Å². The molecule has 1 N–H and O–H groups in total. The van der Waals surface area contributed by atoms with Gasteiger partial charge in [-0.25, -0.2) is 0 Å². The number of aliphatic carboxylic acids is 1. The minimum absolute atomic E-state index is 0.0832. The van der Waals surface area contributed by atoms with Gasteiger partial charge in [-0.3, -0.25) is 9.78 Å². The molecule has 72 valence electrons. The van der Waals surface area contributed by atoms with E-state index in [4.69, 9.17) is 9.52 Å². The van der Waals surface area contributed by atoms with E-state index in [0.717, 1.165) is 5.52 Å². The van der Waals surface area contributed by atoms with Gasteiger partial charge in [0, 0.05) is 18.7 Å². The van der Waals surface area contributed by atoms with Crippen molar-refractivity contribution in [2.45, 2.75) is 12.8 Å². The van der Waals surface area contributed by atoms with Crippen LogP contribution in [0.3, 0.4) is 0 Å². The summed E-state index contributed by atoms with van der Waals surface area (Å²) in [5, 5.41) is 8.49. The van der Waals surface area contributed by atoms with Gasteiger partial charge in [0.05, 0.1) is 6.42 Å². The molecule has 2 aromatic rings. The fourth-order valence-corrected chi connectivity index (χ4v) is 1.27. The molecule has 0 unspecified atom stereocenters. The summed E-state index contributed by atoms with van der Waals surface area (Å²) < 4.78 is 5.39. The minimum atomic E-state index is -0.821. The van der Waals surface area contributed by atoms with Crippen molar-refractivity contribution in [3.8, 4) is 0 Å². The number of carboxylic acid groups (broad SMARTS) is 1. The maximum atomic E-state index is 10.3. The molecule has 2 heterocycles. The van der Waals surface area contributed by atoms with Gasteiger partial charge >= 0.3 is 5.97 Å². The summed E-state index contributed by atoms with van der Waals surface area (Å²) in [4.78, 5) is 14.4. The Labute approximate surface area is 80.2 Å². The summed E-state index contributed by atoms with van der Waals surface area (Å²) >= 11 is 0. The highest BCUT2D eigenvalue weighted by Crippen LogP contribution is 2.17. The van der Waals surface area contributed by atoms with Crippen LogP contribution >= 0.6 is 0 Å². The smallest absolute Gasteiger partial charge is 0.303 e. The molecular formula is C10H9NO3. The molecule has 2 rings (SSSR count). The summed E-state index contributed by atoms with van der Waals surface area (Å²) in [6.45, 7) is 0. The number of hydrogen-bond donors (Lipinski definition) is 1. The number of aromatic nitrogens is 1. The van der Waals surface area contributed by atoms with Gasteiger partial charge in [-0.05, 0) is 12.1 Å². The van der Waals surface area contributed by atoms with Crippen molar-refractivity contribution in [1.82, 2.24) is 4.98 Å². The zero-order chi connectivity index (χ0) is 9.97. The van der Waals surface area contributed by atoms with E-state index in [1.807, 2.05) is 6.07 Å². The lowest BCUT2D eigenvalue weighted by Crippen LogP contribution is -1.95. The third kappa shape index (κ3) is 1.74. The fraction of sp³-hybridized carbons (Fsp3) is 0.200. The van der Waals surface area contributed by atoms with E-state index in [0.29, 0.717) is 17.8 Å². The first-order valence-electron chi connectivity index (χ1n) is 4.31. The first-order valence-corrected chi connectivity index (χ1v) is 4.31. The molecule has 0 aromatic carbocycles. The molecule has 4 nitrogen and oxygen atoms in total. The quantitative estimate of drug-likeness (QED) is 0.804. The maximum absolute atomic E-state index is 10.3. The van der Waals surface area contributed by atoms with E-state index in [2.05, 4.69) is 4.98 Å². The molecule has 0 saturated carbocycles. The summed E-state index contributed by atoms with van der Waals surface area (Å²) in [5.74, 6) is -0.153. The number of carbonyl (C=O) groups is 1. The molecule has 0 fully saturated rings. The van der Waals surface area contributed by atoms with E-state index in [1.54, 1.807) is 18.3 Å². The van der Waals surface area contributed by atoms with E-state index in [9.17, 15) is 4.79 Å². The van der Waals surface area contributed by atoms with Crippen molar-refractivity contribution in [3.63, 3.8) is 0 Å². The predicted molar refractivity (Wildman–Crippen MR) is 50.0 cm³/mol. The second kappa shape index (κ2) is 3.49. The molecular weight excluding hydrogens is 182 g/mol. The van der Waals surface area contributed by atoms with Crippen LogP contribution in [-0.2, 0) is 11.2 Å². The van der Waals surface area contributed by atoms with Gasteiger partial charge in [-0.1, -0.05) is 0 Å². The highest BCUT2D eigenvalue weighted by Gasteiger charge is 2.05. The topological polar surface area (TPSA) is 63.3 Å². The van der Waals surface area contributed by atoms with E-state index < -0.39 is 5.97 Å². The predicted octanol–water partition coefficient (Wildman–Crippen LogP) is 1.84. The molecule has 2 aromatic heterocycles. The summed E-state index contributed by atoms with van der Waals surface area (Å²) in [6.07, 6.45) is 2.17. The fourth-order valence-electron chi connectivity index (χ4n) is 1.27. The standard InChI is InChI=1S/C10H9NO3/c12-10(13)4-3-7-6-8-9(14-7)2-1-5-11-8/h1-2,5-6H,3-4H2,(H,12,13). The number of fused-ring (bicyclic) bond motifs is 1. The average molecular weight is 191 g/mol. The van der Waals surface area contributed by atoms with Crippen molar-refractivity contribution >= 4 is 17.1 Å². The van der Waals surface area contributed by atoms with Crippen molar-refractivity contribution in [1.29, 1.82) is 0 Å². The van der Waals surface area contributed by atoms with Crippen LogP contribution in [0.2, 0.25) is 0 Å². The van der Waals surface area contributed by atoms with Gasteiger partial charge in [0.15, 0.2) is 5.58 Å². The van der Waals surface area contributed by atoms with Crippen LogP contribution in [0, 0.1) is 0 Å². The molecule has 0 spiro atoms. The van der Waals surface area contributed by atoms with Crippen LogP contribution in [-0.4, -0.2) is 16.1 Å². The molecule has 0 aliphatic heterocycles. The van der Waals surface area contributed by atoms with Crippen LogP contribution in [0.15, 0.2) is 28.8 Å². The Morgan fingerprint density at radius 1 is 1.57 bits per heavy atom. The second-order valence-corrected chi connectivity index (χ2v) is 2.99. The van der Waals surface area contributed by atoms with Gasteiger partial charge in [-0.15, -0.1) is 0 Å². The highest BCUT2D eigenvalue weighted by atomic mass is 16.4. The van der Waals surface area contributed by atoms with Crippen molar-refractivity contribution in [2.24, 2.45) is 0 Å². The van der Waals surface area contributed by atoms with Crippen molar-refractivity contribution in [3.05, 3.63) is 30.2 Å². The monoisotopic (exact) mass is 191 g/mol. The number of hydrogen-bond acceptors (Lipinski definition) is 3. The van der Waals surface area contributed by atoms with Crippen LogP contribution in [0.25, 0.3) is 11.1 Å². The second-order valence-electron chi connectivity index (χ2n) is 2.99. The third-order valence-corrected chi connectivity index (χ3v) is 1.92. The van der Waals surface area contributed by atoms with Gasteiger partial charge in [-0.2, -0.15) is 0 Å². The molecule has 4 heteroatoms. The van der Waals surface area contributed by atoms with E-state index >= 15 is 0 Å². The number of carboxylic acids is 1. The Morgan fingerprint density at radius 2 is 2.43 bits per heavy atom. The van der Waals surface area contributed by atoms with Crippen molar-refractivity contribution < 1.29 is 14.3 Å². The van der Waals surface area contributed by atoms with Crippen LogP contribution in [0.4, 0.5) is 0 Å². The largest absolute Gasteiger partial charge is 0.481 e. The lowest BCUT2D eigenvalue weighted by atomic mass is 10.2.